The van der Waals surface area contributed by atoms with Gasteiger partial charge in [0, 0.05) is 0 Å². The predicted molar refractivity (Wildman–Crippen MR) is 19.1 cm³/mol. The fourth-order valence-corrected chi connectivity index (χ4v) is 0. The van der Waals surface area contributed by atoms with Crippen molar-refractivity contribution >= 4 is 8.26 Å². The zero-order valence-electron chi connectivity index (χ0n) is 2.81. The van der Waals surface area contributed by atoms with E-state index in [4.69, 9.17) is 0 Å². The molecule has 0 N–H and O–H groups in total. The van der Waals surface area contributed by atoms with E-state index in [9.17, 15) is 8.42 Å². The van der Waals surface area contributed by atoms with Crippen LogP contribution < -0.4 is 0 Å². The van der Waals surface area contributed by atoms with E-state index in [-0.39, 0.29) is 0 Å². The molecule has 0 aromatic carbocycles. The van der Waals surface area contributed by atoms with Gasteiger partial charge in [-0.05, 0) is 0 Å². The van der Waals surface area contributed by atoms with Gasteiger partial charge in [0.1, 0.15) is 0 Å². The van der Waals surface area contributed by atoms with Crippen molar-refractivity contribution in [2.75, 3.05) is 0 Å². The first-order valence-corrected chi connectivity index (χ1v) is 3.64. The molecule has 0 heterocycles. The second-order valence-electron chi connectivity index (χ2n) is 0.599. The Morgan fingerprint density at radius 1 is 1.67 bits per heavy atom. The number of rotatable bonds is 1. The standard InChI is InChI=1S/C2H3O2S.Cu/c1-2-5(3)4;/h2H,1H2;. The molecule has 4 heteroatoms. The molecule has 0 unspecified atom stereocenters. The molecular formula is C2H3CuO2S. The molecule has 0 amide bonds. The Hall–Kier alpha value is 0.209. The summed E-state index contributed by atoms with van der Waals surface area (Å²) in [6.07, 6.45) is 0. The van der Waals surface area contributed by atoms with Gasteiger partial charge in [-0.15, -0.1) is 0 Å². The fourth-order valence-electron chi connectivity index (χ4n) is 0. The van der Waals surface area contributed by atoms with E-state index in [0.29, 0.717) is 5.41 Å². The first-order chi connectivity index (χ1) is 2.56. The molecule has 0 aliphatic carbocycles. The van der Waals surface area contributed by atoms with Crippen molar-refractivity contribution in [3.8, 4) is 0 Å². The Labute approximate surface area is 44.0 Å². The summed E-state index contributed by atoms with van der Waals surface area (Å²) in [6.45, 7) is 2.93. The number of hydrogen-bond donors (Lipinski definition) is 0. The third kappa shape index (κ3) is 4.21. The van der Waals surface area contributed by atoms with Crippen LogP contribution in [0.4, 0.5) is 0 Å². The van der Waals surface area contributed by atoms with Crippen molar-refractivity contribution in [3.63, 3.8) is 0 Å². The molecular weight excluding hydrogens is 152 g/mol. The summed E-state index contributed by atoms with van der Waals surface area (Å²) in [7, 11) is -3.34. The molecule has 0 saturated heterocycles. The van der Waals surface area contributed by atoms with E-state index >= 15 is 0 Å². The summed E-state index contributed by atoms with van der Waals surface area (Å²) in [6, 6.07) is 0. The van der Waals surface area contributed by atoms with Crippen LogP contribution >= 0.6 is 0 Å². The van der Waals surface area contributed by atoms with Gasteiger partial charge in [-0.25, -0.2) is 0 Å². The zero-order chi connectivity index (χ0) is 5.21. The van der Waals surface area contributed by atoms with Crippen molar-refractivity contribution < 1.29 is 23.3 Å². The van der Waals surface area contributed by atoms with Gasteiger partial charge < -0.3 is 0 Å². The van der Waals surface area contributed by atoms with Gasteiger partial charge in [0.25, 0.3) is 0 Å². The molecule has 0 rings (SSSR count). The molecule has 0 fully saturated rings. The van der Waals surface area contributed by atoms with Crippen molar-refractivity contribution in [2.24, 2.45) is 0 Å². The third-order valence-electron chi connectivity index (χ3n) is 0.186. The molecule has 0 spiro atoms. The van der Waals surface area contributed by atoms with Gasteiger partial charge in [0.2, 0.25) is 0 Å². The van der Waals surface area contributed by atoms with Crippen LogP contribution in [-0.2, 0) is 23.1 Å². The first-order valence-electron chi connectivity index (χ1n) is 1.10. The second-order valence-corrected chi connectivity index (χ2v) is 3.40. The molecule has 40 valence electrons. The van der Waals surface area contributed by atoms with Gasteiger partial charge in [-0.1, -0.05) is 0 Å². The van der Waals surface area contributed by atoms with E-state index in [0.717, 1.165) is 0 Å². The van der Waals surface area contributed by atoms with E-state index < -0.39 is 8.26 Å². The summed E-state index contributed by atoms with van der Waals surface area (Å²) in [5.41, 5.74) is 0. The molecule has 0 aromatic rings. The molecule has 2 nitrogen and oxygen atoms in total. The van der Waals surface area contributed by atoms with E-state index in [1.807, 2.05) is 0 Å². The van der Waals surface area contributed by atoms with Crippen LogP contribution in [0.3, 0.4) is 0 Å². The van der Waals surface area contributed by atoms with Gasteiger partial charge in [0.05, 0.1) is 0 Å². The quantitative estimate of drug-likeness (QED) is 0.499. The molecule has 0 radical (unpaired) electrons. The minimum absolute atomic E-state index is 0.715. The van der Waals surface area contributed by atoms with Crippen LogP contribution in [-0.4, -0.2) is 8.42 Å². The Morgan fingerprint density at radius 2 is 1.83 bits per heavy atom. The first kappa shape index (κ1) is 6.21. The van der Waals surface area contributed by atoms with E-state index in [2.05, 4.69) is 21.5 Å². The van der Waals surface area contributed by atoms with Crippen LogP contribution in [0.1, 0.15) is 0 Å². The summed E-state index contributed by atoms with van der Waals surface area (Å²) < 4.78 is 19.4. The van der Waals surface area contributed by atoms with Gasteiger partial charge in [0.15, 0.2) is 0 Å². The van der Waals surface area contributed by atoms with E-state index in [1.165, 1.54) is 0 Å². The molecule has 0 saturated carbocycles. The molecule has 0 aliphatic heterocycles. The maximum absolute atomic E-state index is 9.69. The summed E-state index contributed by atoms with van der Waals surface area (Å²) in [5.74, 6) is 0. The summed E-state index contributed by atoms with van der Waals surface area (Å²) in [5, 5.41) is 0.715. The minimum atomic E-state index is -3.34. The SMILES string of the molecule is C=C[S](=O)(=O)[Cu]. The van der Waals surface area contributed by atoms with Crippen LogP contribution in [0.25, 0.3) is 0 Å². The average molecular weight is 155 g/mol. The predicted octanol–water partition coefficient (Wildman–Crippen LogP) is 0.00650. The molecule has 0 aliphatic rings. The molecule has 0 atom stereocenters. The Bertz CT molecular complexity index is 122. The molecule has 0 bridgehead atoms. The van der Waals surface area contributed by atoms with E-state index in [1.54, 1.807) is 0 Å². The van der Waals surface area contributed by atoms with Crippen molar-refractivity contribution in [3.05, 3.63) is 12.0 Å². The van der Waals surface area contributed by atoms with Crippen LogP contribution in [0.2, 0.25) is 0 Å². The van der Waals surface area contributed by atoms with Gasteiger partial charge in [-0.3, -0.25) is 0 Å². The summed E-state index contributed by atoms with van der Waals surface area (Å²) in [4.78, 5) is 0. The third-order valence-corrected chi connectivity index (χ3v) is 1.03. The Kier molecular flexibility index (Phi) is 1.84. The monoisotopic (exact) mass is 154 g/mol. The Balaban J connectivity index is 4.25. The summed E-state index contributed by atoms with van der Waals surface area (Å²) >= 11 is 3.98. The number of hydrogen-bond acceptors (Lipinski definition) is 2. The zero-order valence-corrected chi connectivity index (χ0v) is 4.57. The van der Waals surface area contributed by atoms with Gasteiger partial charge >= 0.3 is 43.6 Å². The topological polar surface area (TPSA) is 34.1 Å². The van der Waals surface area contributed by atoms with Crippen molar-refractivity contribution in [2.45, 2.75) is 0 Å². The normalized spacial score (nSPS) is 11.0. The fraction of sp³-hybridized carbons (Fsp3) is 0. The van der Waals surface area contributed by atoms with Crippen molar-refractivity contribution in [1.82, 2.24) is 0 Å². The Morgan fingerprint density at radius 3 is 1.83 bits per heavy atom. The molecule has 6 heavy (non-hydrogen) atoms. The van der Waals surface area contributed by atoms with Crippen LogP contribution in [0, 0.1) is 0 Å². The van der Waals surface area contributed by atoms with Gasteiger partial charge in [-0.2, -0.15) is 0 Å². The van der Waals surface area contributed by atoms with Crippen LogP contribution in [0.5, 0.6) is 0 Å². The van der Waals surface area contributed by atoms with Crippen LogP contribution in [0.15, 0.2) is 12.0 Å². The van der Waals surface area contributed by atoms with Crippen molar-refractivity contribution in [1.29, 1.82) is 0 Å². The maximum atomic E-state index is 9.69. The average Bonchev–Trinajstić information content (AvgIpc) is 1.35. The second kappa shape index (κ2) is 1.78. The molecule has 0 aromatic heterocycles.